The summed E-state index contributed by atoms with van der Waals surface area (Å²) in [6.07, 6.45) is 2.09. The van der Waals surface area contributed by atoms with Gasteiger partial charge in [0.2, 0.25) is 0 Å². The molecule has 1 rings (SSSR count). The van der Waals surface area contributed by atoms with Gasteiger partial charge in [-0.1, -0.05) is 40.7 Å². The zero-order valence-electron chi connectivity index (χ0n) is 21.7. The van der Waals surface area contributed by atoms with E-state index in [4.69, 9.17) is 23.4 Å². The van der Waals surface area contributed by atoms with E-state index in [2.05, 4.69) is 40.4 Å². The molecule has 1 aliphatic heterocycles. The first-order chi connectivity index (χ1) is 14.5. The minimum atomic E-state index is -2.16. The Morgan fingerprint density at radius 3 is 2.28 bits per heavy atom. The number of hydrogen-bond acceptors (Lipinski definition) is 7. The molecule has 0 aromatic rings. The molecule has 1 fully saturated rings. The molecule has 0 aromatic heterocycles. The topological polar surface area (TPSA) is 80.3 Å². The molecule has 1 heterocycles. The molecule has 0 aliphatic carbocycles. The van der Waals surface area contributed by atoms with Crippen molar-refractivity contribution in [3.63, 3.8) is 0 Å². The summed E-state index contributed by atoms with van der Waals surface area (Å²) in [4.78, 5) is 24.0. The lowest BCUT2D eigenvalue weighted by Crippen LogP contribution is -2.62. The second-order valence-corrected chi connectivity index (χ2v) is 15.5. The van der Waals surface area contributed by atoms with E-state index in [0.29, 0.717) is 19.3 Å². The molecule has 1 saturated heterocycles. The van der Waals surface area contributed by atoms with Crippen LogP contribution in [-0.4, -0.2) is 58.6 Å². The van der Waals surface area contributed by atoms with Gasteiger partial charge in [0.05, 0.1) is 31.2 Å². The van der Waals surface area contributed by atoms with E-state index >= 15 is 0 Å². The molecule has 0 aromatic carbocycles. The number of methoxy groups -OCH3 is 2. The smallest absolute Gasteiger partial charge is 0.308 e. The molecular weight excluding hydrogens is 428 g/mol. The summed E-state index contributed by atoms with van der Waals surface area (Å²) in [5.41, 5.74) is -0.615. The molecule has 0 unspecified atom stereocenters. The Hall–Kier alpha value is -1.22. The van der Waals surface area contributed by atoms with Crippen molar-refractivity contribution >= 4 is 20.3 Å². The number of rotatable bonds is 10. The minimum absolute atomic E-state index is 0.0177. The summed E-state index contributed by atoms with van der Waals surface area (Å²) >= 11 is 0. The van der Waals surface area contributed by atoms with E-state index in [1.54, 1.807) is 13.2 Å². The zero-order chi connectivity index (χ0) is 25.0. The van der Waals surface area contributed by atoms with Gasteiger partial charge in [-0.3, -0.25) is 9.59 Å². The maximum absolute atomic E-state index is 12.2. The summed E-state index contributed by atoms with van der Waals surface area (Å²) in [5.74, 6) is -1.70. The molecule has 7 nitrogen and oxygen atoms in total. The Bertz CT molecular complexity index is 668. The average molecular weight is 473 g/mol. The van der Waals surface area contributed by atoms with Crippen LogP contribution in [-0.2, 0) is 33.0 Å². The zero-order valence-corrected chi connectivity index (χ0v) is 22.7. The monoisotopic (exact) mass is 472 g/mol. The molecule has 0 spiro atoms. The predicted octanol–water partition coefficient (Wildman–Crippen LogP) is 5.00. The van der Waals surface area contributed by atoms with Crippen molar-refractivity contribution in [2.45, 2.75) is 109 Å². The van der Waals surface area contributed by atoms with Crippen LogP contribution in [0.25, 0.3) is 0 Å². The van der Waals surface area contributed by atoms with Crippen LogP contribution < -0.4 is 0 Å². The molecule has 0 saturated carbocycles. The molecule has 1 aliphatic rings. The Morgan fingerprint density at radius 2 is 1.84 bits per heavy atom. The maximum atomic E-state index is 12.2. The van der Waals surface area contributed by atoms with Crippen molar-refractivity contribution in [3.05, 3.63) is 12.7 Å². The highest BCUT2D eigenvalue weighted by molar-refractivity contribution is 6.74. The molecule has 0 amide bonds. The fourth-order valence-corrected chi connectivity index (χ4v) is 5.38. The average Bonchev–Trinajstić information content (AvgIpc) is 2.63. The van der Waals surface area contributed by atoms with Gasteiger partial charge in [-0.25, -0.2) is 0 Å². The fourth-order valence-electron chi connectivity index (χ4n) is 4.01. The standard InChI is InChI=1S/C24H44O7Si/c1-12-13-24(28-9)23(6,7)20(29-17(2)25)15-18(30-24)14-19(16-21(26)27-8)31-32(10,11)22(3,4)5/h12,18-20H,1,13-16H2,2-11H3/t18-,19-,20+,24+/m1/s1. The molecule has 0 radical (unpaired) electrons. The quantitative estimate of drug-likeness (QED) is 0.251. The Kier molecular flexibility index (Phi) is 9.73. The lowest BCUT2D eigenvalue weighted by atomic mass is 9.71. The highest BCUT2D eigenvalue weighted by Crippen LogP contribution is 2.49. The van der Waals surface area contributed by atoms with Gasteiger partial charge >= 0.3 is 11.9 Å². The van der Waals surface area contributed by atoms with Gasteiger partial charge in [-0.05, 0) is 24.6 Å². The van der Waals surface area contributed by atoms with E-state index in [0.717, 1.165) is 0 Å². The summed E-state index contributed by atoms with van der Waals surface area (Å²) in [6, 6.07) is 0. The van der Waals surface area contributed by atoms with Crippen LogP contribution in [0, 0.1) is 5.41 Å². The van der Waals surface area contributed by atoms with Crippen molar-refractivity contribution in [2.24, 2.45) is 5.41 Å². The lowest BCUT2D eigenvalue weighted by molar-refractivity contribution is -0.346. The number of ether oxygens (including phenoxy) is 4. The van der Waals surface area contributed by atoms with E-state index < -0.39 is 25.6 Å². The largest absolute Gasteiger partial charge is 0.469 e. The third kappa shape index (κ3) is 6.65. The van der Waals surface area contributed by atoms with Gasteiger partial charge in [0.25, 0.3) is 0 Å². The van der Waals surface area contributed by atoms with Gasteiger partial charge in [-0.15, -0.1) is 6.58 Å². The first kappa shape index (κ1) is 28.8. The molecule has 4 atom stereocenters. The van der Waals surface area contributed by atoms with E-state index in [1.165, 1.54) is 14.0 Å². The maximum Gasteiger partial charge on any atom is 0.308 e. The Balaban J connectivity index is 3.27. The van der Waals surface area contributed by atoms with Gasteiger partial charge in [0.1, 0.15) is 6.10 Å². The lowest BCUT2D eigenvalue weighted by Gasteiger charge is -2.54. The second kappa shape index (κ2) is 10.8. The normalized spacial score (nSPS) is 26.8. The summed E-state index contributed by atoms with van der Waals surface area (Å²) in [5, 5.41) is -0.0177. The number of carbonyl (C=O) groups excluding carboxylic acids is 2. The Labute approximate surface area is 195 Å². The molecule has 8 heteroatoms. The number of hydrogen-bond donors (Lipinski definition) is 0. The van der Waals surface area contributed by atoms with Crippen LogP contribution in [0.15, 0.2) is 12.7 Å². The second-order valence-electron chi connectivity index (χ2n) is 10.8. The van der Waals surface area contributed by atoms with Crippen LogP contribution in [0.3, 0.4) is 0 Å². The van der Waals surface area contributed by atoms with Gasteiger partial charge in [0, 0.05) is 26.9 Å². The third-order valence-corrected chi connectivity index (χ3v) is 11.6. The van der Waals surface area contributed by atoms with E-state index in [9.17, 15) is 9.59 Å². The van der Waals surface area contributed by atoms with Gasteiger partial charge in [-0.2, -0.15) is 0 Å². The van der Waals surface area contributed by atoms with E-state index in [-0.39, 0.29) is 35.6 Å². The molecule has 0 N–H and O–H groups in total. The van der Waals surface area contributed by atoms with Crippen molar-refractivity contribution in [2.75, 3.05) is 14.2 Å². The highest BCUT2D eigenvalue weighted by atomic mass is 28.4. The summed E-state index contributed by atoms with van der Waals surface area (Å²) < 4.78 is 29.7. The molecule has 32 heavy (non-hydrogen) atoms. The van der Waals surface area contributed by atoms with Gasteiger partial charge in [0.15, 0.2) is 14.1 Å². The van der Waals surface area contributed by atoms with Crippen molar-refractivity contribution in [1.29, 1.82) is 0 Å². The van der Waals surface area contributed by atoms with Crippen molar-refractivity contribution < 1.29 is 33.0 Å². The SMILES string of the molecule is C=CC[C@]1(OC)O[C@H](C[C@H](CC(=O)OC)O[Si](C)(C)C(C)(C)C)C[C@H](OC(C)=O)C1(C)C. The van der Waals surface area contributed by atoms with E-state index in [1.807, 2.05) is 13.8 Å². The third-order valence-electron chi connectivity index (χ3n) is 7.09. The highest BCUT2D eigenvalue weighted by Gasteiger charge is 2.57. The van der Waals surface area contributed by atoms with Crippen LogP contribution in [0.4, 0.5) is 0 Å². The number of carbonyl (C=O) groups is 2. The summed E-state index contributed by atoms with van der Waals surface area (Å²) in [6.45, 7) is 20.0. The van der Waals surface area contributed by atoms with Gasteiger partial charge < -0.3 is 23.4 Å². The van der Waals surface area contributed by atoms with Crippen molar-refractivity contribution in [3.8, 4) is 0 Å². The molecule has 0 bridgehead atoms. The van der Waals surface area contributed by atoms with Crippen LogP contribution in [0.1, 0.15) is 67.2 Å². The number of esters is 2. The molecular formula is C24H44O7Si. The molecule has 186 valence electrons. The van der Waals surface area contributed by atoms with Crippen molar-refractivity contribution in [1.82, 2.24) is 0 Å². The Morgan fingerprint density at radius 1 is 1.25 bits per heavy atom. The van der Waals surface area contributed by atoms with Crippen LogP contribution >= 0.6 is 0 Å². The minimum Gasteiger partial charge on any atom is -0.469 e. The predicted molar refractivity (Wildman–Crippen MR) is 127 cm³/mol. The van der Waals surface area contributed by atoms with Crippen LogP contribution in [0.2, 0.25) is 18.1 Å². The first-order valence-electron chi connectivity index (χ1n) is 11.3. The summed E-state index contributed by atoms with van der Waals surface area (Å²) in [7, 11) is 0.812. The first-order valence-corrected chi connectivity index (χ1v) is 14.2. The fraction of sp³-hybridized carbons (Fsp3) is 0.833. The van der Waals surface area contributed by atoms with Crippen LogP contribution in [0.5, 0.6) is 0 Å².